The molecule has 6 N–H and O–H groups in total. The Morgan fingerprint density at radius 3 is 2.49 bits per heavy atom. The summed E-state index contributed by atoms with van der Waals surface area (Å²) in [6.07, 6.45) is -2.86. The Morgan fingerprint density at radius 2 is 1.81 bits per heavy atom. The van der Waals surface area contributed by atoms with E-state index in [0.717, 1.165) is 11.1 Å². The molecule has 0 aliphatic carbocycles. The van der Waals surface area contributed by atoms with Crippen molar-refractivity contribution in [3.63, 3.8) is 0 Å². The highest BCUT2D eigenvalue weighted by Gasteiger charge is 2.47. The van der Waals surface area contributed by atoms with E-state index >= 15 is 0 Å². The summed E-state index contributed by atoms with van der Waals surface area (Å²) in [6, 6.07) is 16.1. The average molecular weight is 535 g/mol. The van der Waals surface area contributed by atoms with Crippen molar-refractivity contribution < 1.29 is 28.8 Å². The molecule has 0 spiro atoms. The first-order chi connectivity index (χ1) is 17.9. The first-order valence-corrected chi connectivity index (χ1v) is 12.4. The molecule has 11 heteroatoms. The molecule has 1 fully saturated rings. The van der Waals surface area contributed by atoms with Crippen molar-refractivity contribution in [3.8, 4) is 0 Å². The summed E-state index contributed by atoms with van der Waals surface area (Å²) in [6.45, 7) is 0.975. The van der Waals surface area contributed by atoms with Crippen molar-refractivity contribution in [2.24, 2.45) is 16.5 Å². The van der Waals surface area contributed by atoms with Crippen molar-refractivity contribution >= 4 is 23.5 Å². The Morgan fingerprint density at radius 1 is 1.11 bits per heavy atom. The van der Waals surface area contributed by atoms with Gasteiger partial charge >= 0.3 is 0 Å². The van der Waals surface area contributed by atoms with Crippen LogP contribution in [0, 0.1) is 0 Å². The summed E-state index contributed by atoms with van der Waals surface area (Å²) in [5, 5.41) is 14.6. The Kier molecular flexibility index (Phi) is 11.6. The number of aliphatic imine (C=N–C) groups is 1. The molecular weight excluding hydrogens is 500 g/mol. The maximum absolute atomic E-state index is 12.7. The summed E-state index contributed by atoms with van der Waals surface area (Å²) >= 11 is 5.94. The third kappa shape index (κ3) is 9.26. The van der Waals surface area contributed by atoms with E-state index in [1.807, 2.05) is 42.5 Å². The van der Waals surface area contributed by atoms with Crippen LogP contribution in [-0.2, 0) is 37.0 Å². The van der Waals surface area contributed by atoms with E-state index in [1.165, 1.54) is 7.11 Å². The lowest BCUT2D eigenvalue weighted by atomic mass is 9.96. The maximum Gasteiger partial charge on any atom is 0.220 e. The molecule has 37 heavy (non-hydrogen) atoms. The highest BCUT2D eigenvalue weighted by Crippen LogP contribution is 2.26. The van der Waals surface area contributed by atoms with Crippen LogP contribution in [0.3, 0.4) is 0 Å². The molecule has 3 rings (SSSR count). The molecule has 1 heterocycles. The van der Waals surface area contributed by atoms with E-state index in [1.54, 1.807) is 12.1 Å². The van der Waals surface area contributed by atoms with Crippen LogP contribution in [0.4, 0.5) is 0 Å². The van der Waals surface area contributed by atoms with Crippen LogP contribution in [0.1, 0.15) is 24.0 Å². The maximum atomic E-state index is 12.7. The van der Waals surface area contributed by atoms with Gasteiger partial charge in [0.25, 0.3) is 0 Å². The highest BCUT2D eigenvalue weighted by atomic mass is 35.5. The number of hydrogen-bond donors (Lipinski definition) is 4. The smallest absolute Gasteiger partial charge is 0.220 e. The number of aliphatic hydroxyl groups excluding tert-OH is 1. The minimum atomic E-state index is -1.07. The van der Waals surface area contributed by atoms with Gasteiger partial charge in [0.05, 0.1) is 19.8 Å². The molecule has 1 saturated heterocycles. The number of guanidine groups is 1. The summed E-state index contributed by atoms with van der Waals surface area (Å²) in [5.74, 6) is -0.290. The fraction of sp³-hybridized carbons (Fsp3) is 0.462. The number of nitrogens with two attached hydrogens (primary N) is 2. The van der Waals surface area contributed by atoms with Gasteiger partial charge in [0.1, 0.15) is 24.4 Å². The molecular formula is C26H35ClN4O6. The minimum absolute atomic E-state index is 0.0256. The van der Waals surface area contributed by atoms with Gasteiger partial charge in [-0.2, -0.15) is 0 Å². The molecule has 0 aromatic heterocycles. The number of carbonyl (C=O) groups is 1. The molecule has 5 atom stereocenters. The summed E-state index contributed by atoms with van der Waals surface area (Å²) in [7, 11) is 1.47. The van der Waals surface area contributed by atoms with Crippen LogP contribution >= 0.6 is 11.6 Å². The second kappa shape index (κ2) is 14.9. The summed E-state index contributed by atoms with van der Waals surface area (Å²) < 4.78 is 23.6. The van der Waals surface area contributed by atoms with E-state index in [2.05, 4.69) is 10.3 Å². The van der Waals surface area contributed by atoms with Crippen LogP contribution in [-0.4, -0.2) is 67.9 Å². The largest absolute Gasteiger partial charge is 0.388 e. The number of ether oxygens (including phenoxy) is 4. The number of rotatable bonds is 13. The number of benzene rings is 2. The van der Waals surface area contributed by atoms with Crippen LogP contribution in [0.2, 0.25) is 5.02 Å². The Labute approximate surface area is 221 Å². The zero-order valence-corrected chi connectivity index (χ0v) is 21.5. The van der Waals surface area contributed by atoms with Crippen molar-refractivity contribution in [1.29, 1.82) is 0 Å². The number of nitrogens with one attached hydrogen (secondary N) is 1. The third-order valence-corrected chi connectivity index (χ3v) is 6.10. The fourth-order valence-corrected chi connectivity index (χ4v) is 4.09. The van der Waals surface area contributed by atoms with Gasteiger partial charge in [-0.1, -0.05) is 54.1 Å². The number of hydrogen-bond acceptors (Lipinski definition) is 7. The second-order valence-corrected chi connectivity index (χ2v) is 9.11. The minimum Gasteiger partial charge on any atom is -0.388 e. The van der Waals surface area contributed by atoms with Crippen molar-refractivity contribution in [3.05, 3.63) is 70.7 Å². The van der Waals surface area contributed by atoms with Crippen LogP contribution in [0.5, 0.6) is 0 Å². The van der Waals surface area contributed by atoms with E-state index in [0.29, 0.717) is 24.6 Å². The van der Waals surface area contributed by atoms with Crippen LogP contribution < -0.4 is 16.8 Å². The first kappa shape index (κ1) is 28.8. The Hall–Kier alpha value is -2.73. The number of aliphatic hydroxyl groups is 1. The van der Waals surface area contributed by atoms with Crippen molar-refractivity contribution in [2.45, 2.75) is 56.7 Å². The molecule has 1 aliphatic heterocycles. The standard InChI is InChI=1S/C26H35ClN4O6/c1-34-24-22(31-21(32)8-5-13-30-26(28)29)25(36-15-17-6-3-2-4-7-17)37-20(23(24)33)16-35-14-18-9-11-19(27)12-10-18/h2-4,6-7,9-12,20,22-25,33H,5,8,13-16H2,1H3,(H,31,32)(H4,28,29,30)/t20-,22-,23-,24-,25?/m1/s1. The molecule has 1 amide bonds. The molecule has 0 radical (unpaired) electrons. The second-order valence-electron chi connectivity index (χ2n) is 8.68. The van der Waals surface area contributed by atoms with Gasteiger partial charge in [-0.25, -0.2) is 0 Å². The van der Waals surface area contributed by atoms with E-state index < -0.39 is 30.6 Å². The van der Waals surface area contributed by atoms with E-state index in [4.69, 9.17) is 42.0 Å². The molecule has 10 nitrogen and oxygen atoms in total. The lowest BCUT2D eigenvalue weighted by Crippen LogP contribution is -2.65. The van der Waals surface area contributed by atoms with Crippen LogP contribution in [0.15, 0.2) is 59.6 Å². The average Bonchev–Trinajstić information content (AvgIpc) is 2.89. The first-order valence-electron chi connectivity index (χ1n) is 12.1. The van der Waals surface area contributed by atoms with Gasteiger partial charge in [-0.05, 0) is 29.7 Å². The molecule has 0 saturated carbocycles. The van der Waals surface area contributed by atoms with Crippen molar-refractivity contribution in [2.75, 3.05) is 20.3 Å². The molecule has 202 valence electrons. The molecule has 0 bridgehead atoms. The molecule has 1 aliphatic rings. The lowest BCUT2D eigenvalue weighted by molar-refractivity contribution is -0.279. The van der Waals surface area contributed by atoms with Gasteiger partial charge in [0.15, 0.2) is 12.2 Å². The Balaban J connectivity index is 1.66. The number of halogens is 1. The van der Waals surface area contributed by atoms with E-state index in [-0.39, 0.29) is 31.5 Å². The zero-order chi connectivity index (χ0) is 26.6. The fourth-order valence-electron chi connectivity index (χ4n) is 3.97. The third-order valence-electron chi connectivity index (χ3n) is 5.85. The molecule has 1 unspecified atom stereocenters. The van der Waals surface area contributed by atoms with Crippen LogP contribution in [0.25, 0.3) is 0 Å². The van der Waals surface area contributed by atoms with Gasteiger partial charge in [0.2, 0.25) is 5.91 Å². The normalized spacial score (nSPS) is 23.4. The lowest BCUT2D eigenvalue weighted by Gasteiger charge is -2.44. The van der Waals surface area contributed by atoms with Gasteiger partial charge in [-0.15, -0.1) is 0 Å². The van der Waals surface area contributed by atoms with E-state index in [9.17, 15) is 9.90 Å². The highest BCUT2D eigenvalue weighted by molar-refractivity contribution is 6.30. The van der Waals surface area contributed by atoms with Gasteiger partial charge < -0.3 is 40.8 Å². The topological polar surface area (TPSA) is 151 Å². The number of nitrogens with zero attached hydrogens (tertiary/aromatic N) is 1. The number of amides is 1. The summed E-state index contributed by atoms with van der Waals surface area (Å²) in [5.41, 5.74) is 12.5. The monoisotopic (exact) mass is 534 g/mol. The molecule has 2 aromatic rings. The SMILES string of the molecule is CO[C@H]1[C@H](O)[C@@H](COCc2ccc(Cl)cc2)OC(OCc2ccccc2)[C@@H]1NC(=O)CCCN=C(N)N. The number of methoxy groups -OCH3 is 1. The van der Waals surface area contributed by atoms with Gasteiger partial charge in [0, 0.05) is 25.1 Å². The predicted octanol–water partition coefficient (Wildman–Crippen LogP) is 1.71. The predicted molar refractivity (Wildman–Crippen MR) is 140 cm³/mol. The summed E-state index contributed by atoms with van der Waals surface area (Å²) in [4.78, 5) is 16.6. The quantitative estimate of drug-likeness (QED) is 0.172. The molecule has 2 aromatic carbocycles. The van der Waals surface area contributed by atoms with Gasteiger partial charge in [-0.3, -0.25) is 9.79 Å². The zero-order valence-electron chi connectivity index (χ0n) is 20.8. The van der Waals surface area contributed by atoms with Crippen molar-refractivity contribution in [1.82, 2.24) is 5.32 Å². The Bertz CT molecular complexity index is 990. The number of carbonyl (C=O) groups excluding carboxylic acids is 1.